The molecule has 2 heteroatoms. The molecule has 0 saturated heterocycles. The number of aryl methyl sites for hydroxylation is 1. The van der Waals surface area contributed by atoms with Crippen LogP contribution in [0.15, 0.2) is 12.1 Å². The highest BCUT2D eigenvalue weighted by Gasteiger charge is 1.97. The van der Waals surface area contributed by atoms with Gasteiger partial charge in [-0.1, -0.05) is 12.0 Å². The summed E-state index contributed by atoms with van der Waals surface area (Å²) in [5.74, 6) is 4.89. The standard InChI is InChI=1S/C9H8FN/c1-3-4-8-6-5-7(2)9(10)11-8/h5-6H,1-2H3. The lowest BCUT2D eigenvalue weighted by Gasteiger charge is -1.93. The predicted molar refractivity (Wildman–Crippen MR) is 41.5 cm³/mol. The number of rotatable bonds is 0. The van der Waals surface area contributed by atoms with Crippen LogP contribution in [0.3, 0.4) is 0 Å². The summed E-state index contributed by atoms with van der Waals surface area (Å²) in [6.07, 6.45) is 0. The third kappa shape index (κ3) is 1.78. The molecule has 0 aliphatic rings. The summed E-state index contributed by atoms with van der Waals surface area (Å²) in [5, 5.41) is 0. The average Bonchev–Trinajstić information content (AvgIpc) is 1.98. The van der Waals surface area contributed by atoms with Crippen molar-refractivity contribution in [1.29, 1.82) is 0 Å². The van der Waals surface area contributed by atoms with Crippen LogP contribution in [-0.2, 0) is 0 Å². The summed E-state index contributed by atoms with van der Waals surface area (Å²) in [5.41, 5.74) is 1.03. The smallest absolute Gasteiger partial charge is 0.211 e. The Morgan fingerprint density at radius 2 is 2.18 bits per heavy atom. The molecule has 1 heterocycles. The van der Waals surface area contributed by atoms with Gasteiger partial charge < -0.3 is 0 Å². The highest BCUT2D eigenvalue weighted by Crippen LogP contribution is 2.02. The molecule has 0 spiro atoms. The summed E-state index contributed by atoms with van der Waals surface area (Å²) in [6, 6.07) is 3.37. The van der Waals surface area contributed by atoms with Crippen molar-refractivity contribution in [2.45, 2.75) is 13.8 Å². The second kappa shape index (κ2) is 3.16. The van der Waals surface area contributed by atoms with E-state index < -0.39 is 5.95 Å². The van der Waals surface area contributed by atoms with Gasteiger partial charge in [0, 0.05) is 5.56 Å². The van der Waals surface area contributed by atoms with E-state index in [-0.39, 0.29) is 0 Å². The Kier molecular flexibility index (Phi) is 2.22. The molecule has 11 heavy (non-hydrogen) atoms. The van der Waals surface area contributed by atoms with E-state index in [1.807, 2.05) is 0 Å². The molecule has 0 N–H and O–H groups in total. The minimum atomic E-state index is -0.440. The Labute approximate surface area is 65.3 Å². The average molecular weight is 149 g/mol. The van der Waals surface area contributed by atoms with Crippen LogP contribution in [0, 0.1) is 24.7 Å². The van der Waals surface area contributed by atoms with Crippen LogP contribution in [0.1, 0.15) is 18.2 Å². The number of hydrogen-bond donors (Lipinski definition) is 0. The highest BCUT2D eigenvalue weighted by atomic mass is 19.1. The number of hydrogen-bond acceptors (Lipinski definition) is 1. The Bertz CT molecular complexity index is 320. The largest absolute Gasteiger partial charge is 0.216 e. The lowest BCUT2D eigenvalue weighted by atomic mass is 10.3. The van der Waals surface area contributed by atoms with Crippen LogP contribution in [0.4, 0.5) is 4.39 Å². The van der Waals surface area contributed by atoms with E-state index in [1.165, 1.54) is 0 Å². The summed E-state index contributed by atoms with van der Waals surface area (Å²) in [4.78, 5) is 3.62. The predicted octanol–water partition coefficient (Wildman–Crippen LogP) is 1.90. The minimum absolute atomic E-state index is 0.440. The molecule has 0 aromatic carbocycles. The maximum Gasteiger partial charge on any atom is 0.216 e. The van der Waals surface area contributed by atoms with Gasteiger partial charge in [0.15, 0.2) is 0 Å². The maximum absolute atomic E-state index is 12.7. The first-order valence-corrected chi connectivity index (χ1v) is 3.30. The third-order valence-electron chi connectivity index (χ3n) is 1.29. The first-order chi connectivity index (χ1) is 5.24. The molecular weight excluding hydrogens is 141 g/mol. The van der Waals surface area contributed by atoms with Gasteiger partial charge in [0.25, 0.3) is 0 Å². The minimum Gasteiger partial charge on any atom is -0.211 e. The Balaban J connectivity index is 3.12. The molecule has 0 radical (unpaired) electrons. The van der Waals surface area contributed by atoms with E-state index >= 15 is 0 Å². The molecule has 0 amide bonds. The van der Waals surface area contributed by atoms with E-state index in [0.29, 0.717) is 11.3 Å². The van der Waals surface area contributed by atoms with Gasteiger partial charge in [-0.05, 0) is 25.8 Å². The Morgan fingerprint density at radius 1 is 1.45 bits per heavy atom. The van der Waals surface area contributed by atoms with Gasteiger partial charge in [-0.15, -0.1) is 0 Å². The first-order valence-electron chi connectivity index (χ1n) is 3.30. The van der Waals surface area contributed by atoms with Crippen LogP contribution in [0.5, 0.6) is 0 Å². The van der Waals surface area contributed by atoms with Gasteiger partial charge in [0.1, 0.15) is 5.69 Å². The zero-order valence-electron chi connectivity index (χ0n) is 6.48. The molecule has 1 nitrogen and oxygen atoms in total. The number of halogens is 1. The summed E-state index contributed by atoms with van der Waals surface area (Å²) in [6.45, 7) is 3.37. The normalized spacial score (nSPS) is 8.64. The van der Waals surface area contributed by atoms with E-state index in [2.05, 4.69) is 16.8 Å². The molecule has 0 unspecified atom stereocenters. The zero-order chi connectivity index (χ0) is 8.27. The second-order valence-electron chi connectivity index (χ2n) is 2.18. The molecule has 0 aliphatic heterocycles. The molecule has 1 rings (SSSR count). The fourth-order valence-electron chi connectivity index (χ4n) is 0.702. The molecule has 1 aromatic rings. The Hall–Kier alpha value is -1.36. The van der Waals surface area contributed by atoms with Gasteiger partial charge in [-0.2, -0.15) is 4.39 Å². The first kappa shape index (κ1) is 7.74. The molecule has 1 aromatic heterocycles. The van der Waals surface area contributed by atoms with Gasteiger partial charge in [0.05, 0.1) is 0 Å². The molecule has 0 atom stereocenters. The van der Waals surface area contributed by atoms with Gasteiger partial charge in [-0.3, -0.25) is 0 Å². The topological polar surface area (TPSA) is 12.9 Å². The van der Waals surface area contributed by atoms with Crippen LogP contribution >= 0.6 is 0 Å². The van der Waals surface area contributed by atoms with Crippen molar-refractivity contribution in [3.05, 3.63) is 29.3 Å². The summed E-state index contributed by atoms with van der Waals surface area (Å²) < 4.78 is 12.7. The van der Waals surface area contributed by atoms with Gasteiger partial charge in [0.2, 0.25) is 5.95 Å². The fraction of sp³-hybridized carbons (Fsp3) is 0.222. The molecule has 0 bridgehead atoms. The Morgan fingerprint density at radius 3 is 2.73 bits per heavy atom. The van der Waals surface area contributed by atoms with Crippen molar-refractivity contribution in [2.75, 3.05) is 0 Å². The number of nitrogens with zero attached hydrogens (tertiary/aromatic N) is 1. The molecule has 0 saturated carbocycles. The van der Waals surface area contributed by atoms with E-state index in [0.717, 1.165) is 0 Å². The molecule has 0 aliphatic carbocycles. The van der Waals surface area contributed by atoms with Crippen LogP contribution in [-0.4, -0.2) is 4.98 Å². The lowest BCUT2D eigenvalue weighted by molar-refractivity contribution is 0.573. The number of pyridine rings is 1. The molecule has 0 fully saturated rings. The SMILES string of the molecule is CC#Cc1ccc(C)c(F)n1. The lowest BCUT2D eigenvalue weighted by Crippen LogP contribution is -1.90. The monoisotopic (exact) mass is 149 g/mol. The van der Waals surface area contributed by atoms with Gasteiger partial charge in [-0.25, -0.2) is 4.98 Å². The fourth-order valence-corrected chi connectivity index (χ4v) is 0.702. The van der Waals surface area contributed by atoms with Gasteiger partial charge >= 0.3 is 0 Å². The van der Waals surface area contributed by atoms with Crippen molar-refractivity contribution in [3.8, 4) is 11.8 Å². The van der Waals surface area contributed by atoms with Crippen molar-refractivity contribution in [2.24, 2.45) is 0 Å². The van der Waals surface area contributed by atoms with E-state index in [4.69, 9.17) is 0 Å². The van der Waals surface area contributed by atoms with Crippen molar-refractivity contribution in [1.82, 2.24) is 4.98 Å². The van der Waals surface area contributed by atoms with E-state index in [9.17, 15) is 4.39 Å². The third-order valence-corrected chi connectivity index (χ3v) is 1.29. The van der Waals surface area contributed by atoms with Crippen LogP contribution < -0.4 is 0 Å². The number of aromatic nitrogens is 1. The maximum atomic E-state index is 12.7. The zero-order valence-corrected chi connectivity index (χ0v) is 6.48. The second-order valence-corrected chi connectivity index (χ2v) is 2.18. The molecule has 56 valence electrons. The van der Waals surface area contributed by atoms with Crippen molar-refractivity contribution in [3.63, 3.8) is 0 Å². The molecular formula is C9H8FN. The quantitative estimate of drug-likeness (QED) is 0.405. The van der Waals surface area contributed by atoms with Crippen molar-refractivity contribution >= 4 is 0 Å². The van der Waals surface area contributed by atoms with Crippen LogP contribution in [0.25, 0.3) is 0 Å². The highest BCUT2D eigenvalue weighted by molar-refractivity contribution is 5.28. The van der Waals surface area contributed by atoms with Crippen LogP contribution in [0.2, 0.25) is 0 Å². The summed E-state index contributed by atoms with van der Waals surface area (Å²) >= 11 is 0. The van der Waals surface area contributed by atoms with Crippen molar-refractivity contribution < 1.29 is 4.39 Å². The summed E-state index contributed by atoms with van der Waals surface area (Å²) in [7, 11) is 0. The van der Waals surface area contributed by atoms with E-state index in [1.54, 1.807) is 26.0 Å².